The monoisotopic (exact) mass is 382 g/mol. The summed E-state index contributed by atoms with van der Waals surface area (Å²) >= 11 is 11.6. The fourth-order valence-corrected chi connectivity index (χ4v) is 2.26. The number of nitro benzene ring substituents is 1. The van der Waals surface area contributed by atoms with Crippen LogP contribution in [0.3, 0.4) is 0 Å². The number of hydrogen-bond acceptors (Lipinski definition) is 5. The first-order chi connectivity index (χ1) is 11.9. The van der Waals surface area contributed by atoms with Crippen molar-refractivity contribution in [2.45, 2.75) is 6.42 Å². The number of carbonyl (C=O) groups excluding carboxylic acids is 2. The first-order valence-electron chi connectivity index (χ1n) is 6.99. The number of nitrogens with zero attached hydrogens (tertiary/aromatic N) is 1. The van der Waals surface area contributed by atoms with Gasteiger partial charge in [0.05, 0.1) is 21.4 Å². The lowest BCUT2D eigenvalue weighted by atomic mass is 10.1. The lowest BCUT2D eigenvalue weighted by molar-refractivity contribution is -0.383. The second-order valence-corrected chi connectivity index (χ2v) is 5.72. The molecule has 0 aromatic heterocycles. The van der Waals surface area contributed by atoms with E-state index in [0.29, 0.717) is 15.6 Å². The summed E-state index contributed by atoms with van der Waals surface area (Å²) in [7, 11) is 0. The van der Waals surface area contributed by atoms with E-state index in [1.165, 1.54) is 24.3 Å². The molecule has 0 atom stereocenters. The summed E-state index contributed by atoms with van der Waals surface area (Å²) in [6.07, 6.45) is -0.0876. The maximum atomic E-state index is 11.8. The van der Waals surface area contributed by atoms with Crippen LogP contribution in [0.1, 0.15) is 5.56 Å². The van der Waals surface area contributed by atoms with Crippen molar-refractivity contribution in [1.82, 2.24) is 0 Å². The summed E-state index contributed by atoms with van der Waals surface area (Å²) in [6.45, 7) is -0.563. The number of nitro groups is 1. The number of amides is 1. The molecule has 130 valence electrons. The smallest absolute Gasteiger partial charge is 0.310 e. The average Bonchev–Trinajstić information content (AvgIpc) is 2.57. The van der Waals surface area contributed by atoms with Crippen molar-refractivity contribution in [3.63, 3.8) is 0 Å². The maximum Gasteiger partial charge on any atom is 0.310 e. The molecule has 0 fully saturated rings. The number of nitrogens with one attached hydrogen (secondary N) is 1. The van der Waals surface area contributed by atoms with Gasteiger partial charge in [0, 0.05) is 6.07 Å². The minimum Gasteiger partial charge on any atom is -0.455 e. The van der Waals surface area contributed by atoms with Crippen molar-refractivity contribution >= 4 is 46.5 Å². The lowest BCUT2D eigenvalue weighted by Gasteiger charge is -2.07. The zero-order valence-electron chi connectivity index (χ0n) is 12.7. The molecule has 0 aliphatic heterocycles. The summed E-state index contributed by atoms with van der Waals surface area (Å²) in [4.78, 5) is 33.8. The van der Waals surface area contributed by atoms with Crippen LogP contribution in [0.25, 0.3) is 0 Å². The molecule has 0 aliphatic rings. The predicted octanol–water partition coefficient (Wildman–Crippen LogP) is 3.63. The average molecular weight is 383 g/mol. The van der Waals surface area contributed by atoms with Gasteiger partial charge >= 0.3 is 5.97 Å². The number of anilines is 1. The zero-order chi connectivity index (χ0) is 18.4. The number of para-hydroxylation sites is 2. The van der Waals surface area contributed by atoms with E-state index in [2.05, 4.69) is 5.32 Å². The van der Waals surface area contributed by atoms with E-state index >= 15 is 0 Å². The third-order valence-electron chi connectivity index (χ3n) is 3.07. The number of hydrogen-bond donors (Lipinski definition) is 1. The SMILES string of the molecule is O=C(COC(=O)Cc1ccc(Cl)c(Cl)c1)Nc1ccccc1[N+](=O)[O-]. The van der Waals surface area contributed by atoms with Gasteiger partial charge in [0.15, 0.2) is 6.61 Å². The third kappa shape index (κ3) is 5.44. The predicted molar refractivity (Wildman–Crippen MR) is 92.9 cm³/mol. The largest absolute Gasteiger partial charge is 0.455 e. The maximum absolute atomic E-state index is 11.8. The Labute approximate surface area is 152 Å². The molecule has 0 spiro atoms. The van der Waals surface area contributed by atoms with Gasteiger partial charge < -0.3 is 10.1 Å². The zero-order valence-corrected chi connectivity index (χ0v) is 14.2. The molecule has 7 nitrogen and oxygen atoms in total. The van der Waals surface area contributed by atoms with E-state index in [9.17, 15) is 19.7 Å². The highest BCUT2D eigenvalue weighted by Crippen LogP contribution is 2.24. The molecule has 0 saturated heterocycles. The topological polar surface area (TPSA) is 98.5 Å². The van der Waals surface area contributed by atoms with Gasteiger partial charge in [-0.2, -0.15) is 0 Å². The molecule has 1 amide bonds. The fraction of sp³-hybridized carbons (Fsp3) is 0.125. The van der Waals surface area contributed by atoms with Crippen LogP contribution in [-0.2, 0) is 20.7 Å². The number of ether oxygens (including phenoxy) is 1. The van der Waals surface area contributed by atoms with Gasteiger partial charge in [0.25, 0.3) is 11.6 Å². The molecule has 0 unspecified atom stereocenters. The molecule has 2 aromatic carbocycles. The van der Waals surface area contributed by atoms with Gasteiger partial charge in [-0.15, -0.1) is 0 Å². The normalized spacial score (nSPS) is 10.2. The van der Waals surface area contributed by atoms with Crippen molar-refractivity contribution in [3.05, 3.63) is 68.2 Å². The molecular formula is C16H12Cl2N2O5. The van der Waals surface area contributed by atoms with Crippen LogP contribution in [0.2, 0.25) is 10.0 Å². The highest BCUT2D eigenvalue weighted by atomic mass is 35.5. The van der Waals surface area contributed by atoms with Crippen molar-refractivity contribution in [3.8, 4) is 0 Å². The Hall–Kier alpha value is -2.64. The van der Waals surface area contributed by atoms with E-state index < -0.39 is 23.4 Å². The Morgan fingerprint density at radius 3 is 2.52 bits per heavy atom. The van der Waals surface area contributed by atoms with Crippen LogP contribution in [0, 0.1) is 10.1 Å². The van der Waals surface area contributed by atoms with Crippen LogP contribution in [-0.4, -0.2) is 23.4 Å². The Balaban J connectivity index is 1.88. The molecule has 2 rings (SSSR count). The standard InChI is InChI=1S/C16H12Cl2N2O5/c17-11-6-5-10(7-12(11)18)8-16(22)25-9-15(21)19-13-3-1-2-4-14(13)20(23)24/h1-7H,8-9H2,(H,19,21). The van der Waals surface area contributed by atoms with Crippen LogP contribution in [0.4, 0.5) is 11.4 Å². The van der Waals surface area contributed by atoms with Crippen molar-refractivity contribution < 1.29 is 19.2 Å². The molecule has 2 aromatic rings. The van der Waals surface area contributed by atoms with E-state index in [-0.39, 0.29) is 17.8 Å². The quantitative estimate of drug-likeness (QED) is 0.467. The summed E-state index contributed by atoms with van der Waals surface area (Å²) in [5, 5.41) is 13.9. The summed E-state index contributed by atoms with van der Waals surface area (Å²) < 4.78 is 4.85. The van der Waals surface area contributed by atoms with E-state index in [1.54, 1.807) is 18.2 Å². The number of halogens is 2. The summed E-state index contributed by atoms with van der Waals surface area (Å²) in [6, 6.07) is 10.3. The van der Waals surface area contributed by atoms with Crippen molar-refractivity contribution in [2.75, 3.05) is 11.9 Å². The van der Waals surface area contributed by atoms with Crippen LogP contribution in [0.15, 0.2) is 42.5 Å². The first-order valence-corrected chi connectivity index (χ1v) is 7.75. The fourth-order valence-electron chi connectivity index (χ4n) is 1.94. The number of esters is 1. The molecule has 0 heterocycles. The molecule has 1 N–H and O–H groups in total. The molecule has 0 aliphatic carbocycles. The van der Waals surface area contributed by atoms with Gasteiger partial charge in [-0.25, -0.2) is 0 Å². The minimum atomic E-state index is -0.684. The molecule has 0 bridgehead atoms. The van der Waals surface area contributed by atoms with Gasteiger partial charge in [0.2, 0.25) is 0 Å². The molecule has 0 saturated carbocycles. The van der Waals surface area contributed by atoms with E-state index in [4.69, 9.17) is 27.9 Å². The van der Waals surface area contributed by atoms with E-state index in [1.807, 2.05) is 0 Å². The summed E-state index contributed by atoms with van der Waals surface area (Å²) in [5.74, 6) is -1.33. The van der Waals surface area contributed by atoms with Gasteiger partial charge in [0.1, 0.15) is 5.69 Å². The molecular weight excluding hydrogens is 371 g/mol. The van der Waals surface area contributed by atoms with E-state index in [0.717, 1.165) is 0 Å². The Morgan fingerprint density at radius 2 is 1.84 bits per heavy atom. The first kappa shape index (κ1) is 18.7. The number of rotatable bonds is 6. The van der Waals surface area contributed by atoms with Gasteiger partial charge in [-0.1, -0.05) is 41.4 Å². The number of carbonyl (C=O) groups is 2. The second kappa shape index (κ2) is 8.46. The van der Waals surface area contributed by atoms with Crippen molar-refractivity contribution in [1.29, 1.82) is 0 Å². The lowest BCUT2D eigenvalue weighted by Crippen LogP contribution is -2.22. The van der Waals surface area contributed by atoms with Crippen LogP contribution in [0.5, 0.6) is 0 Å². The van der Waals surface area contributed by atoms with Gasteiger partial charge in [-0.05, 0) is 23.8 Å². The molecule has 0 radical (unpaired) electrons. The van der Waals surface area contributed by atoms with Crippen LogP contribution >= 0.6 is 23.2 Å². The Bertz CT molecular complexity index is 826. The van der Waals surface area contributed by atoms with Gasteiger partial charge in [-0.3, -0.25) is 19.7 Å². The minimum absolute atomic E-state index is 0.0260. The number of benzene rings is 2. The van der Waals surface area contributed by atoms with Crippen LogP contribution < -0.4 is 5.32 Å². The molecule has 25 heavy (non-hydrogen) atoms. The highest BCUT2D eigenvalue weighted by molar-refractivity contribution is 6.42. The summed E-state index contributed by atoms with van der Waals surface area (Å²) in [5.41, 5.74) is 0.356. The highest BCUT2D eigenvalue weighted by Gasteiger charge is 2.16. The Kier molecular flexibility index (Phi) is 6.32. The third-order valence-corrected chi connectivity index (χ3v) is 3.81. The van der Waals surface area contributed by atoms with Crippen molar-refractivity contribution in [2.24, 2.45) is 0 Å². The Morgan fingerprint density at radius 1 is 1.12 bits per heavy atom. The molecule has 9 heteroatoms. The second-order valence-electron chi connectivity index (χ2n) is 4.91.